The van der Waals surface area contributed by atoms with Crippen LogP contribution in [-0.4, -0.2) is 40.2 Å². The molecule has 176 valence electrons. The molecule has 0 unspecified atom stereocenters. The lowest BCUT2D eigenvalue weighted by atomic mass is 10.1. The van der Waals surface area contributed by atoms with Crippen LogP contribution < -0.4 is 14.8 Å². The van der Waals surface area contributed by atoms with E-state index in [1.165, 1.54) is 44.7 Å². The Morgan fingerprint density at radius 1 is 0.882 bits per heavy atom. The van der Waals surface area contributed by atoms with E-state index in [9.17, 15) is 29.8 Å². The lowest BCUT2D eigenvalue weighted by molar-refractivity contribution is -0.385. The van der Waals surface area contributed by atoms with Crippen LogP contribution in [-0.2, 0) is 0 Å². The zero-order valence-corrected chi connectivity index (χ0v) is 18.5. The van der Waals surface area contributed by atoms with Crippen molar-refractivity contribution in [1.82, 2.24) is 4.98 Å². The molecule has 1 aromatic heterocycles. The van der Waals surface area contributed by atoms with Crippen LogP contribution in [0.2, 0.25) is 0 Å². The van der Waals surface area contributed by atoms with Gasteiger partial charge in [-0.25, -0.2) is 4.98 Å². The number of nitrogens with one attached hydrogen (secondary N) is 1. The third-order valence-corrected chi connectivity index (χ3v) is 4.36. The van der Waals surface area contributed by atoms with Crippen LogP contribution in [0.25, 0.3) is 0 Å². The van der Waals surface area contributed by atoms with Gasteiger partial charge >= 0.3 is 11.4 Å². The molecule has 0 atom stereocenters. The second-order valence-corrected chi connectivity index (χ2v) is 6.57. The van der Waals surface area contributed by atoms with Crippen LogP contribution in [0.1, 0.15) is 20.7 Å². The Morgan fingerprint density at radius 3 is 1.85 bits per heavy atom. The molecule has 3 aromatic rings. The summed E-state index contributed by atoms with van der Waals surface area (Å²) in [5.74, 6) is 0.0893. The number of anilines is 1. The molecule has 3 rings (SSSR count). The second kappa shape index (κ2) is 11.9. The minimum absolute atomic E-state index is 0.0687. The minimum Gasteiger partial charge on any atom is -0.490 e. The highest BCUT2D eigenvalue weighted by Gasteiger charge is 2.19. The number of aromatic nitrogens is 1. The number of nitro groups is 2. The number of pyridine rings is 1. The summed E-state index contributed by atoms with van der Waals surface area (Å²) in [6.45, 7) is 0. The first-order valence-corrected chi connectivity index (χ1v) is 9.62. The fourth-order valence-electron chi connectivity index (χ4n) is 2.55. The van der Waals surface area contributed by atoms with E-state index in [1.807, 2.05) is 0 Å². The Morgan fingerprint density at radius 2 is 1.41 bits per heavy atom. The van der Waals surface area contributed by atoms with Gasteiger partial charge in [-0.05, 0) is 48.0 Å². The monoisotopic (exact) mass is 488 g/mol. The van der Waals surface area contributed by atoms with Crippen LogP contribution in [0.5, 0.6) is 11.5 Å². The smallest absolute Gasteiger partial charge is 0.311 e. The fraction of sp³-hybridized carbons (Fsp3) is 0.0952. The average molecular weight is 489 g/mol. The topological polar surface area (TPSA) is 164 Å². The van der Waals surface area contributed by atoms with E-state index in [2.05, 4.69) is 10.3 Å². The Kier molecular flexibility index (Phi) is 8.97. The van der Waals surface area contributed by atoms with Gasteiger partial charge in [0.2, 0.25) is 0 Å². The minimum atomic E-state index is -0.740. The van der Waals surface area contributed by atoms with Crippen LogP contribution in [0.15, 0.2) is 60.8 Å². The molecule has 12 nitrogen and oxygen atoms in total. The maximum Gasteiger partial charge on any atom is 0.311 e. The van der Waals surface area contributed by atoms with Gasteiger partial charge in [-0.2, -0.15) is 0 Å². The molecule has 0 spiro atoms. The molecular weight excluding hydrogens is 472 g/mol. The van der Waals surface area contributed by atoms with E-state index in [4.69, 9.17) is 21.1 Å². The summed E-state index contributed by atoms with van der Waals surface area (Å²) >= 11 is 5.17. The number of carbonyl (C=O) groups is 2. The molecule has 0 fully saturated rings. The number of benzene rings is 2. The van der Waals surface area contributed by atoms with Gasteiger partial charge in [0.25, 0.3) is 11.1 Å². The Labute approximate surface area is 197 Å². The fourth-order valence-corrected chi connectivity index (χ4v) is 2.67. The lowest BCUT2D eigenvalue weighted by Gasteiger charge is -2.06. The van der Waals surface area contributed by atoms with Crippen LogP contribution in [0.4, 0.5) is 17.2 Å². The Balaban J connectivity index is 0.000000257. The van der Waals surface area contributed by atoms with Crippen molar-refractivity contribution < 1.29 is 28.9 Å². The van der Waals surface area contributed by atoms with Crippen LogP contribution in [0.3, 0.4) is 0 Å². The highest BCUT2D eigenvalue weighted by Crippen LogP contribution is 2.28. The first-order chi connectivity index (χ1) is 16.2. The molecule has 0 radical (unpaired) electrons. The van der Waals surface area contributed by atoms with Gasteiger partial charge in [0.15, 0.2) is 11.5 Å². The number of nitro benzene ring substituents is 2. The van der Waals surface area contributed by atoms with Crippen molar-refractivity contribution in [2.75, 3.05) is 19.5 Å². The van der Waals surface area contributed by atoms with E-state index in [1.54, 1.807) is 18.2 Å². The zero-order chi connectivity index (χ0) is 25.3. The van der Waals surface area contributed by atoms with E-state index in [-0.39, 0.29) is 34.0 Å². The summed E-state index contributed by atoms with van der Waals surface area (Å²) in [6, 6.07) is 12.8. The van der Waals surface area contributed by atoms with Gasteiger partial charge in [0.05, 0.1) is 24.1 Å². The van der Waals surface area contributed by atoms with Gasteiger partial charge in [0, 0.05) is 29.5 Å². The van der Waals surface area contributed by atoms with E-state index >= 15 is 0 Å². The predicted molar refractivity (Wildman–Crippen MR) is 122 cm³/mol. The highest BCUT2D eigenvalue weighted by molar-refractivity contribution is 6.67. The molecule has 0 saturated carbocycles. The molecule has 1 N–H and O–H groups in total. The van der Waals surface area contributed by atoms with E-state index in [0.717, 1.165) is 12.1 Å². The standard InChI is InChI=1S/C13H11N3O4.C8H6ClNO4/c1-20-11-6-5-9(8-10(11)16(18)19)13(17)15-12-4-2-3-7-14-12;1-14-7-3-2-5(8(9)11)4-6(7)10(12)13/h2-8H,1H3,(H,14,15,17);2-4H,1H3. The van der Waals surface area contributed by atoms with E-state index < -0.39 is 21.0 Å². The van der Waals surface area contributed by atoms with Crippen molar-refractivity contribution in [2.45, 2.75) is 0 Å². The summed E-state index contributed by atoms with van der Waals surface area (Å²) in [4.78, 5) is 46.8. The summed E-state index contributed by atoms with van der Waals surface area (Å²) in [5.41, 5.74) is -0.317. The molecule has 0 saturated heterocycles. The number of ether oxygens (including phenoxy) is 2. The summed E-state index contributed by atoms with van der Waals surface area (Å²) < 4.78 is 9.62. The number of halogens is 1. The van der Waals surface area contributed by atoms with Crippen molar-refractivity contribution in [3.63, 3.8) is 0 Å². The molecule has 2 aromatic carbocycles. The van der Waals surface area contributed by atoms with Gasteiger partial charge in [0.1, 0.15) is 5.82 Å². The molecule has 0 bridgehead atoms. The van der Waals surface area contributed by atoms with Crippen molar-refractivity contribution in [3.05, 3.63) is 92.1 Å². The lowest BCUT2D eigenvalue weighted by Crippen LogP contribution is -2.13. The van der Waals surface area contributed by atoms with Gasteiger partial charge in [-0.1, -0.05) is 6.07 Å². The number of methoxy groups -OCH3 is 2. The maximum absolute atomic E-state index is 12.0. The number of hydrogen-bond donors (Lipinski definition) is 1. The molecule has 1 heterocycles. The summed E-state index contributed by atoms with van der Waals surface area (Å²) in [6.07, 6.45) is 1.53. The first kappa shape index (κ1) is 25.7. The predicted octanol–water partition coefficient (Wildman–Crippen LogP) is 4.23. The molecule has 0 aliphatic rings. The number of hydrogen-bond acceptors (Lipinski definition) is 9. The molecule has 13 heteroatoms. The van der Waals surface area contributed by atoms with Crippen molar-refractivity contribution in [2.24, 2.45) is 0 Å². The zero-order valence-electron chi connectivity index (χ0n) is 17.8. The molecule has 0 aliphatic carbocycles. The summed E-state index contributed by atoms with van der Waals surface area (Å²) in [5, 5.41) is 23.2. The first-order valence-electron chi connectivity index (χ1n) is 9.25. The average Bonchev–Trinajstić information content (AvgIpc) is 2.84. The summed E-state index contributed by atoms with van der Waals surface area (Å²) in [7, 11) is 2.64. The molecule has 34 heavy (non-hydrogen) atoms. The largest absolute Gasteiger partial charge is 0.490 e. The van der Waals surface area contributed by atoms with Crippen molar-refractivity contribution >= 4 is 39.9 Å². The molecule has 1 amide bonds. The quantitative estimate of drug-likeness (QED) is 0.291. The number of nitrogens with zero attached hydrogens (tertiary/aromatic N) is 3. The van der Waals surface area contributed by atoms with Crippen LogP contribution >= 0.6 is 11.6 Å². The van der Waals surface area contributed by atoms with Gasteiger partial charge in [-0.15, -0.1) is 0 Å². The third kappa shape index (κ3) is 6.71. The maximum atomic E-state index is 12.0. The Hall–Kier alpha value is -4.58. The Bertz CT molecular complexity index is 1220. The van der Waals surface area contributed by atoms with Crippen molar-refractivity contribution in [3.8, 4) is 11.5 Å². The van der Waals surface area contributed by atoms with Gasteiger partial charge in [-0.3, -0.25) is 29.8 Å². The number of carbonyl (C=O) groups excluding carboxylic acids is 2. The van der Waals surface area contributed by atoms with Crippen LogP contribution in [0, 0.1) is 20.2 Å². The molecular formula is C21H17ClN4O8. The number of amides is 1. The molecule has 0 aliphatic heterocycles. The second-order valence-electron chi connectivity index (χ2n) is 6.23. The highest BCUT2D eigenvalue weighted by atomic mass is 35.5. The number of rotatable bonds is 7. The SMILES string of the molecule is COc1ccc(C(=O)Cl)cc1[N+](=O)[O-].COc1ccc(C(=O)Nc2ccccn2)cc1[N+](=O)[O-]. The van der Waals surface area contributed by atoms with Gasteiger partial charge < -0.3 is 14.8 Å². The normalized spacial score (nSPS) is 9.74. The third-order valence-electron chi connectivity index (χ3n) is 4.15. The van der Waals surface area contributed by atoms with E-state index in [0.29, 0.717) is 5.82 Å². The van der Waals surface area contributed by atoms with Crippen molar-refractivity contribution in [1.29, 1.82) is 0 Å².